The molecule has 1 N–H and O–H groups in total. The summed E-state index contributed by atoms with van der Waals surface area (Å²) in [4.78, 5) is 2.56. The summed E-state index contributed by atoms with van der Waals surface area (Å²) >= 11 is 6.20. The van der Waals surface area contributed by atoms with Crippen LogP contribution in [0, 0.1) is 11.8 Å². The third-order valence-corrected chi connectivity index (χ3v) is 4.91. The smallest absolute Gasteiger partial charge is 0.0426 e. The van der Waals surface area contributed by atoms with Gasteiger partial charge in [-0.25, -0.2) is 0 Å². The summed E-state index contributed by atoms with van der Waals surface area (Å²) in [6, 6.07) is 6.33. The van der Waals surface area contributed by atoms with Crippen LogP contribution in [0.3, 0.4) is 0 Å². The van der Waals surface area contributed by atoms with Gasteiger partial charge in [-0.2, -0.15) is 0 Å². The average molecular weight is 279 g/mol. The standard InChI is InChI=1S/C16H23ClN2/c1-2-18-9-12-6-7-15(17)8-16(12)19-10-13-4-3-5-14(13)11-19/h6-8,13-14,18H,2-5,9-11H2,1H3. The van der Waals surface area contributed by atoms with E-state index in [4.69, 9.17) is 11.6 Å². The van der Waals surface area contributed by atoms with Gasteiger partial charge in [0.05, 0.1) is 0 Å². The van der Waals surface area contributed by atoms with Gasteiger partial charge in [-0.1, -0.05) is 31.0 Å². The lowest BCUT2D eigenvalue weighted by Gasteiger charge is -2.23. The molecule has 1 saturated carbocycles. The molecule has 2 nitrogen and oxygen atoms in total. The first-order chi connectivity index (χ1) is 9.28. The van der Waals surface area contributed by atoms with Crippen LogP contribution in [0.1, 0.15) is 31.7 Å². The Kier molecular flexibility index (Phi) is 3.99. The molecule has 3 heteroatoms. The highest BCUT2D eigenvalue weighted by Crippen LogP contribution is 2.40. The van der Waals surface area contributed by atoms with Crippen LogP contribution in [0.5, 0.6) is 0 Å². The van der Waals surface area contributed by atoms with Crippen LogP contribution >= 0.6 is 11.6 Å². The number of anilines is 1. The Balaban J connectivity index is 1.80. The second kappa shape index (κ2) is 5.72. The number of hydrogen-bond donors (Lipinski definition) is 1. The first-order valence-electron chi connectivity index (χ1n) is 7.52. The third kappa shape index (κ3) is 2.75. The van der Waals surface area contributed by atoms with Crippen molar-refractivity contribution in [2.75, 3.05) is 24.5 Å². The Morgan fingerprint density at radius 1 is 1.26 bits per heavy atom. The number of benzene rings is 1. The summed E-state index contributed by atoms with van der Waals surface area (Å²) in [5.74, 6) is 1.84. The fourth-order valence-electron chi connectivity index (χ4n) is 3.67. The van der Waals surface area contributed by atoms with Gasteiger partial charge >= 0.3 is 0 Å². The molecule has 0 radical (unpaired) electrons. The van der Waals surface area contributed by atoms with Crippen LogP contribution in [-0.2, 0) is 6.54 Å². The minimum atomic E-state index is 0.854. The molecule has 1 aromatic rings. The molecule has 0 spiro atoms. The van der Waals surface area contributed by atoms with Crippen LogP contribution in [0.4, 0.5) is 5.69 Å². The van der Waals surface area contributed by atoms with Crippen molar-refractivity contribution in [3.63, 3.8) is 0 Å². The molecular formula is C16H23ClN2. The minimum Gasteiger partial charge on any atom is -0.371 e. The van der Waals surface area contributed by atoms with Crippen molar-refractivity contribution in [2.24, 2.45) is 11.8 Å². The van der Waals surface area contributed by atoms with Gasteiger partial charge in [0.2, 0.25) is 0 Å². The second-order valence-corrected chi connectivity index (χ2v) is 6.35. The van der Waals surface area contributed by atoms with Gasteiger partial charge in [-0.15, -0.1) is 0 Å². The monoisotopic (exact) mass is 278 g/mol. The van der Waals surface area contributed by atoms with Crippen LogP contribution in [0.2, 0.25) is 5.02 Å². The van der Waals surface area contributed by atoms with Crippen LogP contribution < -0.4 is 10.2 Å². The Bertz CT molecular complexity index is 434. The number of nitrogens with one attached hydrogen (secondary N) is 1. The van der Waals surface area contributed by atoms with Gasteiger partial charge in [-0.3, -0.25) is 0 Å². The van der Waals surface area contributed by atoms with Gasteiger partial charge in [0, 0.05) is 30.3 Å². The van der Waals surface area contributed by atoms with E-state index in [-0.39, 0.29) is 0 Å². The average Bonchev–Trinajstić information content (AvgIpc) is 2.98. The summed E-state index contributed by atoms with van der Waals surface area (Å²) in [7, 11) is 0. The SMILES string of the molecule is CCNCc1ccc(Cl)cc1N1CC2CCCC2C1. The van der Waals surface area contributed by atoms with Gasteiger partial charge in [0.1, 0.15) is 0 Å². The molecule has 3 rings (SSSR count). The van der Waals surface area contributed by atoms with Crippen molar-refractivity contribution in [1.29, 1.82) is 0 Å². The molecule has 104 valence electrons. The number of nitrogens with zero attached hydrogens (tertiary/aromatic N) is 1. The van der Waals surface area contributed by atoms with Gasteiger partial charge < -0.3 is 10.2 Å². The molecule has 2 unspecified atom stereocenters. The van der Waals surface area contributed by atoms with Crippen molar-refractivity contribution in [3.8, 4) is 0 Å². The molecule has 1 aliphatic heterocycles. The van der Waals surface area contributed by atoms with Crippen LogP contribution in [0.25, 0.3) is 0 Å². The Morgan fingerprint density at radius 3 is 2.68 bits per heavy atom. The molecule has 0 bridgehead atoms. The zero-order valence-electron chi connectivity index (χ0n) is 11.7. The van der Waals surface area contributed by atoms with E-state index in [1.165, 1.54) is 43.6 Å². The summed E-state index contributed by atoms with van der Waals surface area (Å²) in [5.41, 5.74) is 2.73. The first kappa shape index (κ1) is 13.3. The van der Waals surface area contributed by atoms with Gasteiger partial charge in [0.15, 0.2) is 0 Å². The highest BCUT2D eigenvalue weighted by atomic mass is 35.5. The third-order valence-electron chi connectivity index (χ3n) is 4.68. The predicted molar refractivity (Wildman–Crippen MR) is 81.9 cm³/mol. The maximum atomic E-state index is 6.20. The molecular weight excluding hydrogens is 256 g/mol. The fourth-order valence-corrected chi connectivity index (χ4v) is 3.84. The van der Waals surface area contributed by atoms with Crippen molar-refractivity contribution in [1.82, 2.24) is 5.32 Å². The largest absolute Gasteiger partial charge is 0.371 e. The van der Waals surface area contributed by atoms with E-state index in [0.717, 1.165) is 29.9 Å². The summed E-state index contributed by atoms with van der Waals surface area (Å²) < 4.78 is 0. The second-order valence-electron chi connectivity index (χ2n) is 5.91. The van der Waals surface area contributed by atoms with Crippen molar-refractivity contribution < 1.29 is 0 Å². The number of rotatable bonds is 4. The molecule has 2 aliphatic rings. The van der Waals surface area contributed by atoms with Crippen molar-refractivity contribution in [2.45, 2.75) is 32.7 Å². The van der Waals surface area contributed by atoms with E-state index in [1.807, 2.05) is 6.07 Å². The molecule has 1 saturated heterocycles. The Morgan fingerprint density at radius 2 is 2.00 bits per heavy atom. The number of hydrogen-bond acceptors (Lipinski definition) is 2. The van der Waals surface area contributed by atoms with Gasteiger partial charge in [0.25, 0.3) is 0 Å². The van der Waals surface area contributed by atoms with E-state index >= 15 is 0 Å². The first-order valence-corrected chi connectivity index (χ1v) is 7.90. The topological polar surface area (TPSA) is 15.3 Å². The van der Waals surface area contributed by atoms with E-state index in [0.29, 0.717) is 0 Å². The lowest BCUT2D eigenvalue weighted by Crippen LogP contribution is -2.23. The molecule has 2 fully saturated rings. The molecule has 1 heterocycles. The predicted octanol–water partition coefficient (Wildman–Crippen LogP) is 3.69. The Labute approximate surface area is 121 Å². The molecule has 2 atom stereocenters. The van der Waals surface area contributed by atoms with Crippen LogP contribution in [-0.4, -0.2) is 19.6 Å². The normalized spacial score (nSPS) is 25.9. The Hall–Kier alpha value is -0.730. The lowest BCUT2D eigenvalue weighted by atomic mass is 10.0. The van der Waals surface area contributed by atoms with E-state index in [1.54, 1.807) is 0 Å². The zero-order valence-corrected chi connectivity index (χ0v) is 12.4. The molecule has 1 aliphatic carbocycles. The molecule has 0 amide bonds. The highest BCUT2D eigenvalue weighted by molar-refractivity contribution is 6.30. The fraction of sp³-hybridized carbons (Fsp3) is 0.625. The van der Waals surface area contributed by atoms with E-state index < -0.39 is 0 Å². The van der Waals surface area contributed by atoms with Crippen molar-refractivity contribution >= 4 is 17.3 Å². The van der Waals surface area contributed by atoms with Crippen LogP contribution in [0.15, 0.2) is 18.2 Å². The molecule has 1 aromatic carbocycles. The molecule has 19 heavy (non-hydrogen) atoms. The summed E-state index contributed by atoms with van der Waals surface area (Å²) in [6.45, 7) is 6.55. The zero-order chi connectivity index (χ0) is 13.2. The maximum absolute atomic E-state index is 6.20. The van der Waals surface area contributed by atoms with E-state index in [2.05, 4.69) is 29.3 Å². The quantitative estimate of drug-likeness (QED) is 0.904. The number of halogens is 1. The lowest BCUT2D eigenvalue weighted by molar-refractivity contribution is 0.494. The van der Waals surface area contributed by atoms with Gasteiger partial charge in [-0.05, 0) is 48.9 Å². The molecule has 0 aromatic heterocycles. The van der Waals surface area contributed by atoms with E-state index in [9.17, 15) is 0 Å². The summed E-state index contributed by atoms with van der Waals surface area (Å²) in [6.07, 6.45) is 4.28. The van der Waals surface area contributed by atoms with Crippen molar-refractivity contribution in [3.05, 3.63) is 28.8 Å². The maximum Gasteiger partial charge on any atom is 0.0426 e. The summed E-state index contributed by atoms with van der Waals surface area (Å²) in [5, 5.41) is 4.28. The number of fused-ring (bicyclic) bond motifs is 1. The minimum absolute atomic E-state index is 0.854. The highest BCUT2D eigenvalue weighted by Gasteiger charge is 2.36.